The molecule has 7 aromatic carbocycles. The summed E-state index contributed by atoms with van der Waals surface area (Å²) in [6.07, 6.45) is 5.31. The van der Waals surface area contributed by atoms with Crippen molar-refractivity contribution in [2.45, 2.75) is 153 Å². The highest BCUT2D eigenvalue weighted by atomic mass is 32.2. The maximum atomic E-state index is 13.6. The standard InChI is InChI=1S/C25H29N3O2S2.C25H24N2O2S2Si.C22H21NOS4.C17H20N2O6S3/c1-4-7-15-27-22(29)20(23(30)28(25(27)31)16-8-5-2)24-26(6-3)19-14-13-17-11-9-10-12-18(17)21(19)32-24;1-32(2,3)16-27-20-14-13-18-11-7-8-12-19(18)22(20)31-24(27)21-23(28)26(25(30)29-21)15-17-9-5-4-6-10-17;1-22(2,3)15-9-10-16-17(13-15)27-20(26-16)18-19(24)23(21(25)28-18)12-11-14-7-5-4-6-8-14;1-5-18-12(20)9(13(21)19(6-2)17(18)26)16-27-10(14(22)24-7-3)11(28-16)15(23)25-8-4/h9-14H,4-8,15-16H2,1-3H3;4-14H,15-16H2,1-3H3;4-10,13H,11-12H2,1-3H3;5-8H2,1-4H3/b;24-21+;20-18+;. The molecule has 15 rings (SSSR count). The van der Waals surface area contributed by atoms with Gasteiger partial charge in [0.1, 0.15) is 35.2 Å². The van der Waals surface area contributed by atoms with Crippen LogP contribution in [-0.4, -0.2) is 163 Å². The van der Waals surface area contributed by atoms with Gasteiger partial charge >= 0.3 is 11.9 Å². The van der Waals surface area contributed by atoms with Gasteiger partial charge in [0.25, 0.3) is 40.6 Å². The first-order valence-corrected chi connectivity index (χ1v) is 50.9. The number of anilines is 2. The first-order valence-electron chi connectivity index (χ1n) is 39.9. The first kappa shape index (κ1) is 91.2. The molecule has 4 fully saturated rings. The molecule has 120 heavy (non-hydrogen) atoms. The number of unbranched alkanes of at least 4 members (excludes halogenated alkanes) is 2. The Morgan fingerprint density at radius 2 is 0.933 bits per heavy atom. The van der Waals surface area contributed by atoms with E-state index in [4.69, 9.17) is 63.1 Å². The summed E-state index contributed by atoms with van der Waals surface area (Å²) >= 11 is 31.6. The van der Waals surface area contributed by atoms with Crippen LogP contribution in [0.5, 0.6) is 0 Å². The van der Waals surface area contributed by atoms with Crippen LogP contribution in [0.25, 0.3) is 21.5 Å². The van der Waals surface area contributed by atoms with Crippen LogP contribution in [0, 0.1) is 0 Å². The summed E-state index contributed by atoms with van der Waals surface area (Å²) in [7, 11) is -1.50. The first-order chi connectivity index (χ1) is 57.5. The van der Waals surface area contributed by atoms with Gasteiger partial charge in [-0.15, -0.1) is 0 Å². The second-order valence-electron chi connectivity index (χ2n) is 30.5. The minimum Gasteiger partial charge on any atom is -0.462 e. The maximum Gasteiger partial charge on any atom is 0.346 e. The van der Waals surface area contributed by atoms with Crippen LogP contribution in [0.3, 0.4) is 0 Å². The van der Waals surface area contributed by atoms with Crippen molar-refractivity contribution in [3.05, 3.63) is 219 Å². The molecule has 4 saturated heterocycles. The molecule has 8 aliphatic rings. The van der Waals surface area contributed by atoms with Crippen LogP contribution in [-0.2, 0) is 70.9 Å². The summed E-state index contributed by atoms with van der Waals surface area (Å²) in [4.78, 5) is 123. The number of thioether (sulfide) groups is 7. The minimum atomic E-state index is -1.50. The van der Waals surface area contributed by atoms with Gasteiger partial charge in [0.05, 0.1) is 52.7 Å². The van der Waals surface area contributed by atoms with E-state index in [1.165, 1.54) is 69.9 Å². The van der Waals surface area contributed by atoms with Gasteiger partial charge in [-0.05, 0) is 158 Å². The van der Waals surface area contributed by atoms with E-state index in [1.807, 2.05) is 60.7 Å². The summed E-state index contributed by atoms with van der Waals surface area (Å²) in [5.41, 5.74) is 5.99. The van der Waals surface area contributed by atoms with Crippen molar-refractivity contribution in [2.75, 3.05) is 68.5 Å². The van der Waals surface area contributed by atoms with Gasteiger partial charge in [-0.2, -0.15) is 0 Å². The molecule has 0 radical (unpaired) electrons. The third-order valence-corrected chi connectivity index (χ3v) is 31.6. The Balaban J connectivity index is 0.000000147. The van der Waals surface area contributed by atoms with Crippen molar-refractivity contribution in [2.24, 2.45) is 0 Å². The van der Waals surface area contributed by atoms with Crippen LogP contribution in [0.1, 0.15) is 112 Å². The van der Waals surface area contributed by atoms with Crippen molar-refractivity contribution in [3.63, 3.8) is 0 Å². The topological polar surface area (TPSA) is 190 Å². The molecule has 0 bridgehead atoms. The van der Waals surface area contributed by atoms with Crippen LogP contribution in [0.2, 0.25) is 19.6 Å². The molecule has 8 aliphatic heterocycles. The molecule has 31 heteroatoms. The number of carbonyl (C=O) groups is 8. The average Bonchev–Trinajstić information content (AvgIpc) is 1.64. The summed E-state index contributed by atoms with van der Waals surface area (Å²) < 4.78 is 17.9. The van der Waals surface area contributed by atoms with Gasteiger partial charge in [-0.1, -0.05) is 289 Å². The van der Waals surface area contributed by atoms with Crippen molar-refractivity contribution in [1.82, 2.24) is 29.4 Å². The van der Waals surface area contributed by atoms with Crippen LogP contribution in [0.4, 0.5) is 11.4 Å². The van der Waals surface area contributed by atoms with E-state index < -0.39 is 31.8 Å². The third-order valence-electron chi connectivity index (χ3n) is 19.9. The zero-order valence-electron chi connectivity index (χ0n) is 69.1. The number of carbonyl (C=O) groups excluding carboxylic acids is 8. The molecule has 0 aromatic heterocycles. The lowest BCUT2D eigenvalue weighted by Crippen LogP contribution is -2.57. The number of amides is 6. The second-order valence-corrected chi connectivity index (χ2v) is 45.3. The highest BCUT2D eigenvalue weighted by Crippen LogP contribution is 2.58. The number of nitrogens with zero attached hydrogens (tertiary/aromatic N) is 8. The molecule has 626 valence electrons. The van der Waals surface area contributed by atoms with E-state index in [0.717, 1.165) is 114 Å². The maximum absolute atomic E-state index is 13.6. The molecule has 7 aromatic rings. The van der Waals surface area contributed by atoms with Gasteiger partial charge in [-0.25, -0.2) is 9.59 Å². The molecule has 0 unspecified atom stereocenters. The number of fused-ring (bicyclic) bond motifs is 7. The number of ether oxygens (including phenoxy) is 3. The fraction of sp³-hybridized carbons (Fsp3) is 0.326. The smallest absolute Gasteiger partial charge is 0.346 e. The predicted octanol–water partition coefficient (Wildman–Crippen LogP) is 20.1. The SMILES string of the molecule is CC(C)(C)c1ccc2c(c1)S/C(=C1/SC(=S)N(CCc3ccccc3)C1=O)S2.CCCCN1C(=O)C(=C2Sc3c(ccc4ccccc34)N2CC)C(=O)N(CCCC)C1=S.CCOC(=O)C1=C(C(=O)OCC)SC(=C2C(=O)N(CC)C(=S)N(CC)C2=O)S1.C[Si](C)(C)CN1/C(=C2\OC(=S)N(Cc3ccccc3)C2=O)Sc2c1ccc1ccccc21. The van der Waals surface area contributed by atoms with E-state index in [1.54, 1.807) is 82.6 Å². The number of rotatable bonds is 20. The Bertz CT molecular complexity index is 5400. The van der Waals surface area contributed by atoms with E-state index in [-0.39, 0.29) is 90.8 Å². The normalized spacial score (nSPS) is 18.0. The lowest BCUT2D eigenvalue weighted by Gasteiger charge is -2.37. The summed E-state index contributed by atoms with van der Waals surface area (Å²) in [5.74, 6) is -2.82. The highest BCUT2D eigenvalue weighted by Gasteiger charge is 2.48. The number of thiocarbonyl (C=S) groups is 4. The fourth-order valence-corrected chi connectivity index (χ4v) is 25.3. The molecule has 0 saturated carbocycles. The second kappa shape index (κ2) is 40.1. The predicted molar refractivity (Wildman–Crippen MR) is 510 cm³/mol. The largest absolute Gasteiger partial charge is 0.462 e. The zero-order chi connectivity index (χ0) is 86.2. The van der Waals surface area contributed by atoms with E-state index in [2.05, 4.69) is 162 Å². The van der Waals surface area contributed by atoms with Crippen molar-refractivity contribution >= 4 is 239 Å². The number of hydrogen-bond acceptors (Lipinski definition) is 24. The molecule has 0 spiro atoms. The third kappa shape index (κ3) is 19.8. The van der Waals surface area contributed by atoms with Gasteiger partial charge in [-0.3, -0.25) is 58.2 Å². The quantitative estimate of drug-likeness (QED) is 0.0230. The Hall–Kier alpha value is -8.05. The lowest BCUT2D eigenvalue weighted by atomic mass is 9.87. The summed E-state index contributed by atoms with van der Waals surface area (Å²) in [6, 6.07) is 51.9. The zero-order valence-corrected chi connectivity index (χ0v) is 79.1. The Kier molecular flexibility index (Phi) is 30.4. The molecular formula is C89H94N8O11S11Si. The fourth-order valence-electron chi connectivity index (χ4n) is 13.8. The Morgan fingerprint density at radius 1 is 0.450 bits per heavy atom. The molecule has 6 amide bonds. The van der Waals surface area contributed by atoms with Gasteiger partial charge in [0.15, 0.2) is 10.2 Å². The summed E-state index contributed by atoms with van der Waals surface area (Å²) in [6.45, 7) is 30.3. The van der Waals surface area contributed by atoms with E-state index >= 15 is 0 Å². The molecule has 0 aliphatic carbocycles. The van der Waals surface area contributed by atoms with Crippen molar-refractivity contribution < 1.29 is 52.6 Å². The van der Waals surface area contributed by atoms with Gasteiger partial charge < -0.3 is 24.0 Å². The summed E-state index contributed by atoms with van der Waals surface area (Å²) in [5, 5.41) is 6.95. The van der Waals surface area contributed by atoms with Crippen LogP contribution < -0.4 is 9.80 Å². The highest BCUT2D eigenvalue weighted by molar-refractivity contribution is 8.30. The number of hydrogen-bond donors (Lipinski definition) is 0. The van der Waals surface area contributed by atoms with E-state index in [9.17, 15) is 38.4 Å². The van der Waals surface area contributed by atoms with Crippen LogP contribution >= 0.6 is 131 Å². The number of likely N-dealkylation sites (N-methyl/N-ethyl adjacent to an activating group) is 2. The molecule has 8 heterocycles. The van der Waals surface area contributed by atoms with E-state index in [0.29, 0.717) is 47.9 Å². The number of benzene rings is 7. The van der Waals surface area contributed by atoms with Gasteiger partial charge in [0.2, 0.25) is 5.76 Å². The average molecular weight is 1830 g/mol. The molecular weight excluding hydrogens is 1740 g/mol. The number of esters is 2. The minimum absolute atomic E-state index is 0.00708. The van der Waals surface area contributed by atoms with Crippen LogP contribution in [0.15, 0.2) is 221 Å². The van der Waals surface area contributed by atoms with Gasteiger partial charge in [0, 0.05) is 65.0 Å². The molecule has 0 N–H and O–H groups in total. The molecule has 0 atom stereocenters. The lowest BCUT2D eigenvalue weighted by molar-refractivity contribution is -0.140. The molecule has 19 nitrogen and oxygen atoms in total. The van der Waals surface area contributed by atoms with Crippen molar-refractivity contribution in [1.29, 1.82) is 0 Å². The monoisotopic (exact) mass is 1830 g/mol. The van der Waals surface area contributed by atoms with Crippen molar-refractivity contribution in [3.8, 4) is 0 Å². The Labute approximate surface area is 754 Å². The Morgan fingerprint density at radius 3 is 1.44 bits per heavy atom.